The molecule has 0 aliphatic heterocycles. The molecule has 0 saturated carbocycles. The van der Waals surface area contributed by atoms with Crippen LogP contribution in [-0.2, 0) is 15.0 Å². The van der Waals surface area contributed by atoms with E-state index in [1.807, 2.05) is 55.5 Å². The van der Waals surface area contributed by atoms with Gasteiger partial charge in [0.2, 0.25) is 5.91 Å². The number of aryl methyl sites for hydroxylation is 1. The zero-order chi connectivity index (χ0) is 19.3. The first-order chi connectivity index (χ1) is 12.2. The van der Waals surface area contributed by atoms with E-state index in [9.17, 15) is 9.59 Å². The van der Waals surface area contributed by atoms with Crippen molar-refractivity contribution in [2.45, 2.75) is 52.5 Å². The van der Waals surface area contributed by atoms with Crippen LogP contribution in [0.3, 0.4) is 0 Å². The summed E-state index contributed by atoms with van der Waals surface area (Å²) in [5.74, 6) is -0.00536. The van der Waals surface area contributed by atoms with Gasteiger partial charge >= 0.3 is 5.97 Å². The molecule has 0 radical (unpaired) electrons. The summed E-state index contributed by atoms with van der Waals surface area (Å²) in [7, 11) is 0. The van der Waals surface area contributed by atoms with Crippen LogP contribution in [0.4, 0.5) is 0 Å². The van der Waals surface area contributed by atoms with E-state index in [-0.39, 0.29) is 23.7 Å². The number of hydrogen-bond acceptors (Lipinski definition) is 3. The van der Waals surface area contributed by atoms with Gasteiger partial charge in [-0.3, -0.25) is 9.59 Å². The lowest BCUT2D eigenvalue weighted by Gasteiger charge is -2.21. The Bertz CT molecular complexity index is 776. The summed E-state index contributed by atoms with van der Waals surface area (Å²) in [5, 5.41) is 2.82. The molecule has 0 heterocycles. The molecule has 2 aromatic carbocycles. The van der Waals surface area contributed by atoms with Crippen LogP contribution in [0.2, 0.25) is 0 Å². The molecule has 1 amide bonds. The zero-order valence-electron chi connectivity index (χ0n) is 16.1. The Labute approximate surface area is 155 Å². The molecule has 138 valence electrons. The van der Waals surface area contributed by atoms with Crippen LogP contribution in [-0.4, -0.2) is 11.9 Å². The van der Waals surface area contributed by atoms with Gasteiger partial charge in [0, 0.05) is 6.92 Å². The molecule has 4 nitrogen and oxygen atoms in total. The number of esters is 1. The highest BCUT2D eigenvalue weighted by atomic mass is 16.5. The maximum Gasteiger partial charge on any atom is 0.313 e. The maximum absolute atomic E-state index is 12.4. The molecule has 4 heteroatoms. The van der Waals surface area contributed by atoms with Crippen LogP contribution in [0.25, 0.3) is 0 Å². The number of ether oxygens (including phenoxy) is 1. The number of amides is 1. The first-order valence-corrected chi connectivity index (χ1v) is 8.80. The van der Waals surface area contributed by atoms with Gasteiger partial charge in [-0.05, 0) is 35.1 Å². The average molecular weight is 353 g/mol. The van der Waals surface area contributed by atoms with Gasteiger partial charge < -0.3 is 10.1 Å². The van der Waals surface area contributed by atoms with Crippen LogP contribution in [0.5, 0.6) is 5.75 Å². The van der Waals surface area contributed by atoms with E-state index < -0.39 is 6.04 Å². The van der Waals surface area contributed by atoms with Crippen molar-refractivity contribution in [2.75, 3.05) is 0 Å². The Morgan fingerprint density at radius 3 is 2.27 bits per heavy atom. The van der Waals surface area contributed by atoms with Gasteiger partial charge in [-0.1, -0.05) is 63.2 Å². The molecule has 2 aromatic rings. The van der Waals surface area contributed by atoms with Gasteiger partial charge in [-0.25, -0.2) is 0 Å². The van der Waals surface area contributed by atoms with Crippen molar-refractivity contribution in [1.82, 2.24) is 5.32 Å². The van der Waals surface area contributed by atoms with Crippen molar-refractivity contribution in [3.63, 3.8) is 0 Å². The van der Waals surface area contributed by atoms with Crippen molar-refractivity contribution in [2.24, 2.45) is 0 Å². The van der Waals surface area contributed by atoms with E-state index in [0.29, 0.717) is 5.75 Å². The third kappa shape index (κ3) is 5.45. The standard InChI is InChI=1S/C22H27NO3/c1-15-13-18(22(3,4)5)11-12-20(15)26-21(25)14-19(23-16(2)24)17-9-7-6-8-10-17/h6-13,19H,14H2,1-5H3,(H,23,24)/t19-/m0/s1. The molecule has 1 atom stereocenters. The van der Waals surface area contributed by atoms with E-state index in [0.717, 1.165) is 11.1 Å². The smallest absolute Gasteiger partial charge is 0.313 e. The summed E-state index contributed by atoms with van der Waals surface area (Å²) >= 11 is 0. The van der Waals surface area contributed by atoms with Gasteiger partial charge in [-0.15, -0.1) is 0 Å². The summed E-state index contributed by atoms with van der Waals surface area (Å²) in [4.78, 5) is 23.9. The van der Waals surface area contributed by atoms with E-state index in [1.165, 1.54) is 12.5 Å². The quantitative estimate of drug-likeness (QED) is 0.637. The Kier molecular flexibility index (Phi) is 6.19. The molecule has 0 fully saturated rings. The highest BCUT2D eigenvalue weighted by Crippen LogP contribution is 2.28. The maximum atomic E-state index is 12.4. The summed E-state index contributed by atoms with van der Waals surface area (Å²) in [5.41, 5.74) is 3.02. The summed E-state index contributed by atoms with van der Waals surface area (Å²) in [6.07, 6.45) is 0.0735. The molecule has 0 saturated heterocycles. The van der Waals surface area contributed by atoms with E-state index in [2.05, 4.69) is 26.1 Å². The predicted molar refractivity (Wildman–Crippen MR) is 103 cm³/mol. The molecule has 0 spiro atoms. The Hall–Kier alpha value is -2.62. The van der Waals surface area contributed by atoms with Crippen molar-refractivity contribution in [3.05, 3.63) is 65.2 Å². The number of benzene rings is 2. The molecule has 1 N–H and O–H groups in total. The second-order valence-electron chi connectivity index (χ2n) is 7.57. The lowest BCUT2D eigenvalue weighted by atomic mass is 9.86. The van der Waals surface area contributed by atoms with Crippen LogP contribution in [0.15, 0.2) is 48.5 Å². The Morgan fingerprint density at radius 1 is 1.08 bits per heavy atom. The fourth-order valence-electron chi connectivity index (χ4n) is 2.74. The summed E-state index contributed by atoms with van der Waals surface area (Å²) in [6.45, 7) is 9.80. The van der Waals surface area contributed by atoms with E-state index in [1.54, 1.807) is 0 Å². The van der Waals surface area contributed by atoms with Crippen LogP contribution >= 0.6 is 0 Å². The summed E-state index contributed by atoms with van der Waals surface area (Å²) < 4.78 is 5.56. The number of hydrogen-bond donors (Lipinski definition) is 1. The SMILES string of the molecule is CC(=O)N[C@@H](CC(=O)Oc1ccc(C(C)(C)C)cc1C)c1ccccc1. The Morgan fingerprint density at radius 2 is 1.73 bits per heavy atom. The highest BCUT2D eigenvalue weighted by molar-refractivity contribution is 5.77. The topological polar surface area (TPSA) is 55.4 Å². The van der Waals surface area contributed by atoms with Crippen molar-refractivity contribution in [1.29, 1.82) is 0 Å². The zero-order valence-corrected chi connectivity index (χ0v) is 16.1. The third-order valence-corrected chi connectivity index (χ3v) is 4.21. The van der Waals surface area contributed by atoms with E-state index in [4.69, 9.17) is 4.74 Å². The average Bonchev–Trinajstić information content (AvgIpc) is 2.55. The van der Waals surface area contributed by atoms with Crippen LogP contribution in [0.1, 0.15) is 56.8 Å². The lowest BCUT2D eigenvalue weighted by molar-refractivity contribution is -0.135. The van der Waals surface area contributed by atoms with Gasteiger partial charge in [-0.2, -0.15) is 0 Å². The molecular weight excluding hydrogens is 326 g/mol. The minimum atomic E-state index is -0.407. The minimum absolute atomic E-state index is 0.0388. The number of nitrogens with one attached hydrogen (secondary N) is 1. The van der Waals surface area contributed by atoms with Crippen molar-refractivity contribution >= 4 is 11.9 Å². The summed E-state index contributed by atoms with van der Waals surface area (Å²) in [6, 6.07) is 14.9. The highest BCUT2D eigenvalue weighted by Gasteiger charge is 2.20. The molecule has 0 aliphatic carbocycles. The fourth-order valence-corrected chi connectivity index (χ4v) is 2.74. The van der Waals surface area contributed by atoms with Crippen LogP contribution in [0, 0.1) is 6.92 Å². The lowest BCUT2D eigenvalue weighted by Crippen LogP contribution is -2.29. The molecule has 0 unspecified atom stereocenters. The first kappa shape index (κ1) is 19.7. The van der Waals surface area contributed by atoms with Gasteiger partial charge in [0.05, 0.1) is 12.5 Å². The second-order valence-corrected chi connectivity index (χ2v) is 7.57. The molecule has 0 aromatic heterocycles. The second kappa shape index (κ2) is 8.17. The number of carbonyl (C=O) groups excluding carboxylic acids is 2. The minimum Gasteiger partial charge on any atom is -0.426 e. The normalized spacial score (nSPS) is 12.3. The van der Waals surface area contributed by atoms with Gasteiger partial charge in [0.25, 0.3) is 0 Å². The number of carbonyl (C=O) groups is 2. The van der Waals surface area contributed by atoms with Crippen molar-refractivity contribution in [3.8, 4) is 5.75 Å². The molecular formula is C22H27NO3. The molecule has 0 bridgehead atoms. The van der Waals surface area contributed by atoms with Gasteiger partial charge in [0.15, 0.2) is 0 Å². The molecule has 2 rings (SSSR count). The monoisotopic (exact) mass is 353 g/mol. The first-order valence-electron chi connectivity index (χ1n) is 8.80. The largest absolute Gasteiger partial charge is 0.426 e. The Balaban J connectivity index is 2.12. The molecule has 0 aliphatic rings. The molecule has 26 heavy (non-hydrogen) atoms. The third-order valence-electron chi connectivity index (χ3n) is 4.21. The number of rotatable bonds is 5. The van der Waals surface area contributed by atoms with E-state index >= 15 is 0 Å². The van der Waals surface area contributed by atoms with Crippen LogP contribution < -0.4 is 10.1 Å². The fraction of sp³-hybridized carbons (Fsp3) is 0.364. The van der Waals surface area contributed by atoms with Crippen molar-refractivity contribution < 1.29 is 14.3 Å². The predicted octanol–water partition coefficient (Wildman–Crippen LogP) is 4.47. The van der Waals surface area contributed by atoms with Gasteiger partial charge in [0.1, 0.15) is 5.75 Å².